The summed E-state index contributed by atoms with van der Waals surface area (Å²) in [5, 5.41) is 2.82. The van der Waals surface area contributed by atoms with Crippen LogP contribution in [0.1, 0.15) is 6.92 Å². The molecule has 0 amide bonds. The lowest BCUT2D eigenvalue weighted by molar-refractivity contribution is 0.906. The summed E-state index contributed by atoms with van der Waals surface area (Å²) in [7, 11) is 0. The lowest BCUT2D eigenvalue weighted by atomic mass is 10.4. The van der Waals surface area contributed by atoms with Gasteiger partial charge in [0.1, 0.15) is 6.54 Å². The van der Waals surface area contributed by atoms with Gasteiger partial charge in [-0.25, -0.2) is 0 Å². The van der Waals surface area contributed by atoms with E-state index in [2.05, 4.69) is 16.9 Å². The van der Waals surface area contributed by atoms with Crippen LogP contribution >= 0.6 is 0 Å². The van der Waals surface area contributed by atoms with E-state index in [1.807, 2.05) is 6.92 Å². The highest BCUT2D eigenvalue weighted by Gasteiger charge is 1.96. The molecule has 1 aliphatic rings. The SMILES string of the molecule is CC1=NCN[C]1. The summed E-state index contributed by atoms with van der Waals surface area (Å²) in [6.45, 7) is 5.45. The first-order valence-electron chi connectivity index (χ1n) is 1.89. The Bertz CT molecular complexity index is 75.6. The molecule has 1 rings (SSSR count). The van der Waals surface area contributed by atoms with Crippen molar-refractivity contribution in [3.8, 4) is 0 Å². The molecule has 0 atom stereocenters. The number of nitrogens with zero attached hydrogens (tertiary/aromatic N) is 1. The second-order valence-electron chi connectivity index (χ2n) is 1.20. The van der Waals surface area contributed by atoms with Crippen LogP contribution in [0.4, 0.5) is 0 Å². The lowest BCUT2D eigenvalue weighted by Crippen LogP contribution is -2.03. The molecule has 2 heteroatoms. The van der Waals surface area contributed by atoms with E-state index in [-0.39, 0.29) is 0 Å². The normalized spacial score (nSPS) is 21.2. The summed E-state index contributed by atoms with van der Waals surface area (Å²) in [4.78, 5) is 3.93. The summed E-state index contributed by atoms with van der Waals surface area (Å²) >= 11 is 0. The molecule has 0 saturated heterocycles. The quantitative estimate of drug-likeness (QED) is 0.438. The Labute approximate surface area is 37.3 Å². The van der Waals surface area contributed by atoms with Crippen molar-refractivity contribution >= 4 is 5.71 Å². The van der Waals surface area contributed by atoms with Crippen molar-refractivity contribution in [3.63, 3.8) is 0 Å². The van der Waals surface area contributed by atoms with E-state index in [1.54, 1.807) is 0 Å². The van der Waals surface area contributed by atoms with Gasteiger partial charge in [-0.2, -0.15) is 0 Å². The first-order valence-corrected chi connectivity index (χ1v) is 1.89. The Morgan fingerprint density at radius 3 is 3.00 bits per heavy atom. The van der Waals surface area contributed by atoms with E-state index >= 15 is 0 Å². The minimum atomic E-state index is 0.714. The van der Waals surface area contributed by atoms with E-state index < -0.39 is 0 Å². The Kier molecular flexibility index (Phi) is 0.881. The van der Waals surface area contributed by atoms with Crippen molar-refractivity contribution in [2.75, 3.05) is 6.67 Å². The van der Waals surface area contributed by atoms with Crippen LogP contribution in [0.5, 0.6) is 0 Å². The van der Waals surface area contributed by atoms with Crippen LogP contribution in [0.2, 0.25) is 0 Å². The molecule has 0 fully saturated rings. The van der Waals surface area contributed by atoms with Crippen LogP contribution in [0.3, 0.4) is 0 Å². The van der Waals surface area contributed by atoms with E-state index in [0.29, 0.717) is 6.67 Å². The number of hydrogen-bond donors (Lipinski definition) is 1. The largest absolute Gasteiger partial charge is 0.284 e. The van der Waals surface area contributed by atoms with E-state index in [1.165, 1.54) is 0 Å². The summed E-state index contributed by atoms with van der Waals surface area (Å²) in [6.07, 6.45) is 0. The molecule has 0 aromatic rings. The van der Waals surface area contributed by atoms with Crippen LogP contribution in [-0.2, 0) is 0 Å². The minimum Gasteiger partial charge on any atom is -0.284 e. The first kappa shape index (κ1) is 3.81. The molecule has 0 aliphatic carbocycles. The van der Waals surface area contributed by atoms with Crippen LogP contribution < -0.4 is 5.32 Å². The molecule has 32 valence electrons. The predicted molar refractivity (Wildman–Crippen MR) is 24.4 cm³/mol. The molecule has 0 aromatic carbocycles. The highest BCUT2D eigenvalue weighted by atomic mass is 15.1. The van der Waals surface area contributed by atoms with Gasteiger partial charge in [-0.05, 0) is 6.92 Å². The van der Waals surface area contributed by atoms with Crippen LogP contribution in [0, 0.1) is 6.54 Å². The molecule has 1 aliphatic heterocycles. The average molecular weight is 82.1 g/mol. The minimum absolute atomic E-state index is 0.714. The summed E-state index contributed by atoms with van der Waals surface area (Å²) in [5.74, 6) is 0. The van der Waals surface area contributed by atoms with E-state index in [4.69, 9.17) is 0 Å². The highest BCUT2D eigenvalue weighted by molar-refractivity contribution is 5.90. The van der Waals surface area contributed by atoms with E-state index in [9.17, 15) is 0 Å². The third-order valence-corrected chi connectivity index (χ3v) is 0.665. The van der Waals surface area contributed by atoms with Gasteiger partial charge >= 0.3 is 0 Å². The van der Waals surface area contributed by atoms with Gasteiger partial charge in [0.05, 0.1) is 6.67 Å². The molecule has 0 unspecified atom stereocenters. The van der Waals surface area contributed by atoms with Crippen molar-refractivity contribution in [2.24, 2.45) is 4.99 Å². The highest BCUT2D eigenvalue weighted by Crippen LogP contribution is 1.86. The first-order chi connectivity index (χ1) is 2.89. The molecule has 0 aromatic heterocycles. The third kappa shape index (κ3) is 0.571. The zero-order valence-electron chi connectivity index (χ0n) is 3.65. The molecule has 0 saturated carbocycles. The lowest BCUT2D eigenvalue weighted by Gasteiger charge is -1.76. The maximum Gasteiger partial charge on any atom is 0.110 e. The smallest absolute Gasteiger partial charge is 0.110 e. The summed E-state index contributed by atoms with van der Waals surface area (Å²) in [5.41, 5.74) is 0.968. The van der Waals surface area contributed by atoms with Crippen molar-refractivity contribution in [1.82, 2.24) is 5.32 Å². The molecule has 1 N–H and O–H groups in total. The van der Waals surface area contributed by atoms with Crippen molar-refractivity contribution in [2.45, 2.75) is 6.92 Å². The third-order valence-electron chi connectivity index (χ3n) is 0.665. The van der Waals surface area contributed by atoms with Crippen LogP contribution in [0.25, 0.3) is 0 Å². The second kappa shape index (κ2) is 1.39. The summed E-state index contributed by atoms with van der Waals surface area (Å²) < 4.78 is 0. The van der Waals surface area contributed by atoms with Crippen LogP contribution in [-0.4, -0.2) is 12.4 Å². The average Bonchev–Trinajstić information content (AvgIpc) is 1.86. The van der Waals surface area contributed by atoms with Gasteiger partial charge in [0.25, 0.3) is 0 Å². The molecule has 2 nitrogen and oxygen atoms in total. The van der Waals surface area contributed by atoms with Crippen molar-refractivity contribution in [3.05, 3.63) is 6.54 Å². The molecule has 6 heavy (non-hydrogen) atoms. The fourth-order valence-corrected chi connectivity index (χ4v) is 0.365. The maximum atomic E-state index is 3.93. The molecule has 0 spiro atoms. The maximum absolute atomic E-state index is 3.93. The molecular weight excluding hydrogens is 76.1 g/mol. The zero-order chi connectivity index (χ0) is 4.41. The Morgan fingerprint density at radius 1 is 2.00 bits per heavy atom. The van der Waals surface area contributed by atoms with Crippen molar-refractivity contribution < 1.29 is 0 Å². The van der Waals surface area contributed by atoms with Gasteiger partial charge in [-0.3, -0.25) is 10.3 Å². The fraction of sp³-hybridized carbons (Fsp3) is 0.500. The monoisotopic (exact) mass is 82.1 g/mol. The topological polar surface area (TPSA) is 24.4 Å². The standard InChI is InChI=1S/C4H6N2/c1-4-2-5-3-6-4/h5H,3H2,1H3. The van der Waals surface area contributed by atoms with Gasteiger partial charge in [0, 0.05) is 5.71 Å². The second-order valence-corrected chi connectivity index (χ2v) is 1.20. The molecular formula is C4H6N2. The number of nitrogens with one attached hydrogen (secondary N) is 1. The Hall–Kier alpha value is -0.370. The number of rotatable bonds is 0. The van der Waals surface area contributed by atoms with Gasteiger partial charge < -0.3 is 0 Å². The number of hydrogen-bond acceptors (Lipinski definition) is 2. The van der Waals surface area contributed by atoms with Gasteiger partial charge in [-0.1, -0.05) is 0 Å². The Balaban J connectivity index is 2.45. The van der Waals surface area contributed by atoms with E-state index in [0.717, 1.165) is 5.71 Å². The molecule has 0 bridgehead atoms. The van der Waals surface area contributed by atoms with Gasteiger partial charge in [0.15, 0.2) is 0 Å². The molecule has 1 heterocycles. The fourth-order valence-electron chi connectivity index (χ4n) is 0.365. The number of aliphatic imine (C=N–C) groups is 1. The molecule has 2 radical (unpaired) electrons. The van der Waals surface area contributed by atoms with Gasteiger partial charge in [-0.15, -0.1) is 0 Å². The summed E-state index contributed by atoms with van der Waals surface area (Å²) in [6, 6.07) is 0. The predicted octanol–water partition coefficient (Wildman–Crippen LogP) is 0.0468. The van der Waals surface area contributed by atoms with Gasteiger partial charge in [0.2, 0.25) is 0 Å². The van der Waals surface area contributed by atoms with Crippen LogP contribution in [0.15, 0.2) is 4.99 Å². The Morgan fingerprint density at radius 2 is 2.83 bits per heavy atom. The van der Waals surface area contributed by atoms with Crippen molar-refractivity contribution in [1.29, 1.82) is 0 Å². The zero-order valence-corrected chi connectivity index (χ0v) is 3.65.